The normalized spacial score (nSPS) is 10.8. The molecule has 1 N–H and O–H groups in total. The lowest BCUT2D eigenvalue weighted by Gasteiger charge is -2.13. The fourth-order valence-corrected chi connectivity index (χ4v) is 2.09. The lowest BCUT2D eigenvalue weighted by atomic mass is 10.1. The highest BCUT2D eigenvalue weighted by Crippen LogP contribution is 2.33. The first-order valence-corrected chi connectivity index (χ1v) is 7.01. The number of benzene rings is 2. The van der Waals surface area contributed by atoms with Crippen LogP contribution in [0.3, 0.4) is 0 Å². The summed E-state index contributed by atoms with van der Waals surface area (Å²) >= 11 is 0. The van der Waals surface area contributed by atoms with Gasteiger partial charge in [0.15, 0.2) is 0 Å². The smallest absolute Gasteiger partial charge is 0.417 e. The Hall–Kier alpha value is -3.01. The molecule has 24 heavy (non-hydrogen) atoms. The molecule has 0 aliphatic rings. The Labute approximate surface area is 136 Å². The monoisotopic (exact) mass is 334 g/mol. The highest BCUT2D eigenvalue weighted by atomic mass is 19.4. The van der Waals surface area contributed by atoms with Gasteiger partial charge in [-0.05, 0) is 37.3 Å². The average Bonchev–Trinajstić information content (AvgIpc) is 2.54. The number of hydrogen-bond acceptors (Lipinski definition) is 3. The SMILES string of the molecule is CCOc1ccccc1C(=O)Nc1ccc(C#N)c(C(F)(F)F)c1. The molecule has 0 aliphatic heterocycles. The number of amides is 1. The van der Waals surface area contributed by atoms with Crippen LogP contribution in [0.5, 0.6) is 5.75 Å². The minimum absolute atomic E-state index is 0.0578. The standard InChI is InChI=1S/C17H13F3N2O2/c1-2-24-15-6-4-3-5-13(15)16(23)22-12-8-7-11(10-21)14(9-12)17(18,19)20/h3-9H,2H2,1H3,(H,22,23). The number of nitrogens with zero attached hydrogens (tertiary/aromatic N) is 1. The fourth-order valence-electron chi connectivity index (χ4n) is 2.09. The summed E-state index contributed by atoms with van der Waals surface area (Å²) < 4.78 is 44.2. The van der Waals surface area contributed by atoms with Crippen molar-refractivity contribution in [2.45, 2.75) is 13.1 Å². The van der Waals surface area contributed by atoms with Crippen molar-refractivity contribution in [2.75, 3.05) is 11.9 Å². The van der Waals surface area contributed by atoms with E-state index in [0.717, 1.165) is 12.1 Å². The third-order valence-corrected chi connectivity index (χ3v) is 3.13. The molecule has 0 saturated carbocycles. The summed E-state index contributed by atoms with van der Waals surface area (Å²) in [6.45, 7) is 2.10. The number of hydrogen-bond donors (Lipinski definition) is 1. The number of nitrogens with one attached hydrogen (secondary N) is 1. The van der Waals surface area contributed by atoms with E-state index in [1.807, 2.05) is 0 Å². The molecule has 4 nitrogen and oxygen atoms in total. The zero-order valence-corrected chi connectivity index (χ0v) is 12.6. The lowest BCUT2D eigenvalue weighted by Crippen LogP contribution is -2.15. The van der Waals surface area contributed by atoms with Gasteiger partial charge in [0.1, 0.15) is 5.75 Å². The molecule has 0 spiro atoms. The minimum Gasteiger partial charge on any atom is -0.493 e. The van der Waals surface area contributed by atoms with Crippen molar-refractivity contribution in [2.24, 2.45) is 0 Å². The molecule has 0 radical (unpaired) electrons. The van der Waals surface area contributed by atoms with E-state index in [1.54, 1.807) is 25.1 Å². The second-order valence-corrected chi connectivity index (χ2v) is 4.75. The van der Waals surface area contributed by atoms with E-state index in [4.69, 9.17) is 10.00 Å². The summed E-state index contributed by atoms with van der Waals surface area (Å²) in [7, 11) is 0. The number of halogens is 3. The third-order valence-electron chi connectivity index (χ3n) is 3.13. The first-order valence-electron chi connectivity index (χ1n) is 7.01. The van der Waals surface area contributed by atoms with Gasteiger partial charge in [-0.3, -0.25) is 4.79 Å². The van der Waals surface area contributed by atoms with Crippen LogP contribution in [0.2, 0.25) is 0 Å². The zero-order valence-electron chi connectivity index (χ0n) is 12.6. The maximum Gasteiger partial charge on any atom is 0.417 e. The van der Waals surface area contributed by atoms with E-state index >= 15 is 0 Å². The summed E-state index contributed by atoms with van der Waals surface area (Å²) in [5.74, 6) is -0.265. The van der Waals surface area contributed by atoms with Crippen LogP contribution in [0.25, 0.3) is 0 Å². The number of ether oxygens (including phenoxy) is 1. The number of para-hydroxylation sites is 1. The van der Waals surface area contributed by atoms with Gasteiger partial charge in [-0.2, -0.15) is 18.4 Å². The molecule has 2 aromatic carbocycles. The third kappa shape index (κ3) is 3.84. The Kier molecular flexibility index (Phi) is 5.09. The zero-order chi connectivity index (χ0) is 17.7. The molecule has 0 aliphatic carbocycles. The summed E-state index contributed by atoms with van der Waals surface area (Å²) in [6, 6.07) is 10.9. The Bertz CT molecular complexity index is 795. The molecule has 0 aromatic heterocycles. The number of nitriles is 1. The van der Waals surface area contributed by atoms with Crippen LogP contribution in [-0.4, -0.2) is 12.5 Å². The molecule has 1 amide bonds. The Morgan fingerprint density at radius 1 is 1.25 bits per heavy atom. The molecule has 7 heteroatoms. The predicted molar refractivity (Wildman–Crippen MR) is 81.7 cm³/mol. The Morgan fingerprint density at radius 3 is 2.58 bits per heavy atom. The molecular weight excluding hydrogens is 321 g/mol. The molecule has 124 valence electrons. The van der Waals surface area contributed by atoms with Gasteiger partial charge >= 0.3 is 6.18 Å². The molecule has 0 heterocycles. The van der Waals surface area contributed by atoms with E-state index in [9.17, 15) is 18.0 Å². The summed E-state index contributed by atoms with van der Waals surface area (Å²) in [5, 5.41) is 11.2. The summed E-state index contributed by atoms with van der Waals surface area (Å²) in [4.78, 5) is 12.3. The topological polar surface area (TPSA) is 62.1 Å². The first-order chi connectivity index (χ1) is 11.4. The fraction of sp³-hybridized carbons (Fsp3) is 0.176. The Balaban J connectivity index is 2.32. The van der Waals surface area contributed by atoms with Gasteiger partial charge in [0, 0.05) is 5.69 Å². The number of carbonyl (C=O) groups excluding carboxylic acids is 1. The summed E-state index contributed by atoms with van der Waals surface area (Å²) in [6.07, 6.45) is -4.69. The highest BCUT2D eigenvalue weighted by Gasteiger charge is 2.34. The molecule has 0 fully saturated rings. The van der Waals surface area contributed by atoms with Gasteiger partial charge in [0.05, 0.1) is 29.4 Å². The van der Waals surface area contributed by atoms with Gasteiger partial charge in [-0.15, -0.1) is 0 Å². The van der Waals surface area contributed by atoms with Crippen molar-refractivity contribution in [1.82, 2.24) is 0 Å². The van der Waals surface area contributed by atoms with Gasteiger partial charge in [0.25, 0.3) is 5.91 Å². The number of carbonyl (C=O) groups is 1. The second-order valence-electron chi connectivity index (χ2n) is 4.75. The van der Waals surface area contributed by atoms with E-state index in [1.165, 1.54) is 18.2 Å². The molecular formula is C17H13F3N2O2. The first kappa shape index (κ1) is 17.3. The van der Waals surface area contributed by atoms with Crippen molar-refractivity contribution >= 4 is 11.6 Å². The van der Waals surface area contributed by atoms with Crippen LogP contribution >= 0.6 is 0 Å². The molecule has 0 unspecified atom stereocenters. The van der Waals surface area contributed by atoms with Gasteiger partial charge < -0.3 is 10.1 Å². The number of rotatable bonds is 4. The van der Waals surface area contributed by atoms with Crippen molar-refractivity contribution in [3.8, 4) is 11.8 Å². The van der Waals surface area contributed by atoms with Crippen LogP contribution in [0, 0.1) is 11.3 Å². The van der Waals surface area contributed by atoms with Crippen molar-refractivity contribution in [3.05, 3.63) is 59.2 Å². The maximum atomic E-state index is 13.0. The van der Waals surface area contributed by atoms with Gasteiger partial charge in [-0.25, -0.2) is 0 Å². The van der Waals surface area contributed by atoms with Crippen LogP contribution in [-0.2, 0) is 6.18 Å². The molecule has 0 bridgehead atoms. The van der Waals surface area contributed by atoms with Crippen LogP contribution in [0.15, 0.2) is 42.5 Å². The molecule has 2 rings (SSSR count). The molecule has 0 atom stereocenters. The lowest BCUT2D eigenvalue weighted by molar-refractivity contribution is -0.137. The van der Waals surface area contributed by atoms with E-state index in [-0.39, 0.29) is 11.3 Å². The van der Waals surface area contributed by atoms with Crippen molar-refractivity contribution < 1.29 is 22.7 Å². The molecule has 2 aromatic rings. The molecule has 0 saturated heterocycles. The minimum atomic E-state index is -4.69. The second kappa shape index (κ2) is 7.04. The van der Waals surface area contributed by atoms with E-state index in [2.05, 4.69) is 5.32 Å². The highest BCUT2D eigenvalue weighted by molar-refractivity contribution is 6.06. The van der Waals surface area contributed by atoms with Gasteiger partial charge in [-0.1, -0.05) is 12.1 Å². The Morgan fingerprint density at radius 2 is 1.96 bits per heavy atom. The average molecular weight is 334 g/mol. The van der Waals surface area contributed by atoms with Crippen molar-refractivity contribution in [1.29, 1.82) is 5.26 Å². The van der Waals surface area contributed by atoms with Crippen LogP contribution in [0.4, 0.5) is 18.9 Å². The quantitative estimate of drug-likeness (QED) is 0.910. The van der Waals surface area contributed by atoms with E-state index < -0.39 is 23.2 Å². The van der Waals surface area contributed by atoms with Crippen LogP contribution < -0.4 is 10.1 Å². The predicted octanol–water partition coefficient (Wildman–Crippen LogP) is 4.23. The van der Waals surface area contributed by atoms with Gasteiger partial charge in [0.2, 0.25) is 0 Å². The van der Waals surface area contributed by atoms with Crippen molar-refractivity contribution in [3.63, 3.8) is 0 Å². The number of anilines is 1. The van der Waals surface area contributed by atoms with E-state index in [0.29, 0.717) is 12.4 Å². The summed E-state index contributed by atoms with van der Waals surface area (Å²) in [5.41, 5.74) is -1.45. The number of alkyl halides is 3. The largest absolute Gasteiger partial charge is 0.493 e. The maximum absolute atomic E-state index is 13.0. The van der Waals surface area contributed by atoms with Crippen LogP contribution in [0.1, 0.15) is 28.4 Å².